The standard InChI is InChI=1S/C12H10N4O4/c17-16(18)10-4-12-11(19-7-20-12)3-9(10)15-6-8-5-13-1-2-14-8/h1-5,15H,6-7H2. The Morgan fingerprint density at radius 2 is 2.10 bits per heavy atom. The van der Waals surface area contributed by atoms with E-state index in [1.54, 1.807) is 24.7 Å². The third-order valence-electron chi connectivity index (χ3n) is 2.76. The van der Waals surface area contributed by atoms with Gasteiger partial charge in [-0.2, -0.15) is 0 Å². The average molecular weight is 274 g/mol. The van der Waals surface area contributed by atoms with E-state index in [4.69, 9.17) is 9.47 Å². The molecule has 1 N–H and O–H groups in total. The maximum Gasteiger partial charge on any atom is 0.296 e. The van der Waals surface area contributed by atoms with Gasteiger partial charge in [-0.05, 0) is 0 Å². The molecule has 20 heavy (non-hydrogen) atoms. The molecule has 1 aliphatic heterocycles. The van der Waals surface area contributed by atoms with Gasteiger partial charge in [-0.25, -0.2) is 0 Å². The highest BCUT2D eigenvalue weighted by Crippen LogP contribution is 2.40. The van der Waals surface area contributed by atoms with Crippen molar-refractivity contribution in [3.63, 3.8) is 0 Å². The third kappa shape index (κ3) is 2.30. The van der Waals surface area contributed by atoms with Crippen LogP contribution < -0.4 is 14.8 Å². The number of rotatable bonds is 4. The van der Waals surface area contributed by atoms with Crippen LogP contribution in [0.5, 0.6) is 11.5 Å². The van der Waals surface area contributed by atoms with Crippen molar-refractivity contribution in [2.75, 3.05) is 12.1 Å². The number of fused-ring (bicyclic) bond motifs is 1. The zero-order valence-electron chi connectivity index (χ0n) is 10.3. The van der Waals surface area contributed by atoms with Gasteiger partial charge in [0.1, 0.15) is 5.69 Å². The molecule has 2 aromatic rings. The summed E-state index contributed by atoms with van der Waals surface area (Å²) >= 11 is 0. The molecule has 0 bridgehead atoms. The van der Waals surface area contributed by atoms with Crippen LogP contribution in [0.4, 0.5) is 11.4 Å². The first-order valence-electron chi connectivity index (χ1n) is 5.81. The van der Waals surface area contributed by atoms with E-state index in [9.17, 15) is 10.1 Å². The van der Waals surface area contributed by atoms with Gasteiger partial charge < -0.3 is 14.8 Å². The van der Waals surface area contributed by atoms with E-state index >= 15 is 0 Å². The quantitative estimate of drug-likeness (QED) is 0.669. The fraction of sp³-hybridized carbons (Fsp3) is 0.167. The number of anilines is 1. The summed E-state index contributed by atoms with van der Waals surface area (Å²) in [5.74, 6) is 0.860. The molecular formula is C12H10N4O4. The van der Waals surface area contributed by atoms with E-state index in [1.165, 1.54) is 6.07 Å². The molecule has 0 spiro atoms. The largest absolute Gasteiger partial charge is 0.454 e. The molecule has 2 heterocycles. The first kappa shape index (κ1) is 12.2. The number of nitrogens with one attached hydrogen (secondary N) is 1. The zero-order chi connectivity index (χ0) is 13.9. The molecule has 1 aromatic heterocycles. The van der Waals surface area contributed by atoms with Gasteiger partial charge in [-0.15, -0.1) is 0 Å². The van der Waals surface area contributed by atoms with Crippen LogP contribution in [0.2, 0.25) is 0 Å². The minimum atomic E-state index is -0.471. The monoisotopic (exact) mass is 274 g/mol. The highest BCUT2D eigenvalue weighted by atomic mass is 16.7. The minimum absolute atomic E-state index is 0.0695. The lowest BCUT2D eigenvalue weighted by molar-refractivity contribution is -0.384. The zero-order valence-corrected chi connectivity index (χ0v) is 10.3. The predicted octanol–water partition coefficient (Wildman–Crippen LogP) is 1.73. The van der Waals surface area contributed by atoms with Crippen LogP contribution in [0.25, 0.3) is 0 Å². The van der Waals surface area contributed by atoms with E-state index in [2.05, 4.69) is 15.3 Å². The van der Waals surface area contributed by atoms with Crippen molar-refractivity contribution in [3.05, 3.63) is 46.5 Å². The van der Waals surface area contributed by atoms with E-state index in [0.29, 0.717) is 29.4 Å². The summed E-state index contributed by atoms with van der Waals surface area (Å²) in [7, 11) is 0. The van der Waals surface area contributed by atoms with Crippen molar-refractivity contribution < 1.29 is 14.4 Å². The van der Waals surface area contributed by atoms with E-state index < -0.39 is 4.92 Å². The number of hydrogen-bond donors (Lipinski definition) is 1. The molecule has 8 heteroatoms. The lowest BCUT2D eigenvalue weighted by atomic mass is 10.2. The molecule has 0 aliphatic carbocycles. The van der Waals surface area contributed by atoms with E-state index in [0.717, 1.165) is 0 Å². The first-order chi connectivity index (χ1) is 9.74. The van der Waals surface area contributed by atoms with Crippen molar-refractivity contribution in [3.8, 4) is 11.5 Å². The molecule has 3 rings (SSSR count). The van der Waals surface area contributed by atoms with Crippen LogP contribution in [0.15, 0.2) is 30.7 Å². The molecule has 1 aromatic carbocycles. The molecule has 0 fully saturated rings. The molecule has 102 valence electrons. The molecule has 1 aliphatic rings. The van der Waals surface area contributed by atoms with Crippen LogP contribution in [0.3, 0.4) is 0 Å². The lowest BCUT2D eigenvalue weighted by Crippen LogP contribution is -2.04. The Labute approximate surface area is 113 Å². The van der Waals surface area contributed by atoms with E-state index in [1.807, 2.05) is 0 Å². The lowest BCUT2D eigenvalue weighted by Gasteiger charge is -2.07. The Morgan fingerprint density at radius 1 is 1.30 bits per heavy atom. The summed E-state index contributed by atoms with van der Waals surface area (Å²) in [5, 5.41) is 14.0. The number of benzene rings is 1. The predicted molar refractivity (Wildman–Crippen MR) is 68.6 cm³/mol. The van der Waals surface area contributed by atoms with Gasteiger partial charge in [0.2, 0.25) is 6.79 Å². The van der Waals surface area contributed by atoms with Gasteiger partial charge in [-0.3, -0.25) is 20.1 Å². The Bertz CT molecular complexity index is 647. The number of nitro groups is 1. The normalized spacial score (nSPS) is 12.2. The smallest absolute Gasteiger partial charge is 0.296 e. The van der Waals surface area contributed by atoms with Crippen LogP contribution in [-0.4, -0.2) is 21.7 Å². The summed E-state index contributed by atoms with van der Waals surface area (Å²) in [6, 6.07) is 2.90. The average Bonchev–Trinajstić information content (AvgIpc) is 2.92. The Morgan fingerprint density at radius 3 is 2.80 bits per heavy atom. The Hall–Kier alpha value is -2.90. The molecule has 0 radical (unpaired) electrons. The second kappa shape index (κ2) is 5.00. The number of ether oxygens (including phenoxy) is 2. The van der Waals surface area contributed by atoms with Crippen LogP contribution >= 0.6 is 0 Å². The maximum absolute atomic E-state index is 11.1. The number of aromatic nitrogens is 2. The summed E-state index contributed by atoms with van der Waals surface area (Å²) in [5.41, 5.74) is 0.961. The van der Waals surface area contributed by atoms with Crippen molar-refractivity contribution in [1.82, 2.24) is 9.97 Å². The fourth-order valence-corrected chi connectivity index (χ4v) is 1.83. The maximum atomic E-state index is 11.1. The first-order valence-corrected chi connectivity index (χ1v) is 5.81. The molecule has 0 atom stereocenters. The van der Waals surface area contributed by atoms with Gasteiger partial charge in [0, 0.05) is 18.5 Å². The van der Waals surface area contributed by atoms with Crippen LogP contribution in [0, 0.1) is 10.1 Å². The van der Waals surface area contributed by atoms with Gasteiger partial charge in [0.25, 0.3) is 5.69 Å². The molecular weight excluding hydrogens is 264 g/mol. The fourth-order valence-electron chi connectivity index (χ4n) is 1.83. The topological polar surface area (TPSA) is 99.4 Å². The van der Waals surface area contributed by atoms with Crippen molar-refractivity contribution in [2.24, 2.45) is 0 Å². The van der Waals surface area contributed by atoms with Crippen molar-refractivity contribution in [1.29, 1.82) is 0 Å². The van der Waals surface area contributed by atoms with Gasteiger partial charge in [0.05, 0.1) is 29.4 Å². The van der Waals surface area contributed by atoms with Crippen LogP contribution in [-0.2, 0) is 6.54 Å². The van der Waals surface area contributed by atoms with Crippen molar-refractivity contribution >= 4 is 11.4 Å². The van der Waals surface area contributed by atoms with E-state index in [-0.39, 0.29) is 12.5 Å². The van der Waals surface area contributed by atoms with Gasteiger partial charge >= 0.3 is 0 Å². The van der Waals surface area contributed by atoms with Gasteiger partial charge in [-0.1, -0.05) is 0 Å². The summed E-state index contributed by atoms with van der Waals surface area (Å²) in [6.45, 7) is 0.397. The van der Waals surface area contributed by atoms with Gasteiger partial charge in [0.15, 0.2) is 11.5 Å². The highest BCUT2D eigenvalue weighted by molar-refractivity contribution is 5.68. The molecule has 0 unspecified atom stereocenters. The molecule has 0 saturated heterocycles. The minimum Gasteiger partial charge on any atom is -0.454 e. The molecule has 8 nitrogen and oxygen atoms in total. The summed E-state index contributed by atoms with van der Waals surface area (Å²) in [4.78, 5) is 18.6. The number of nitro benzene ring substituents is 1. The Balaban J connectivity index is 1.86. The van der Waals surface area contributed by atoms with Crippen LogP contribution in [0.1, 0.15) is 5.69 Å². The SMILES string of the molecule is O=[N+]([O-])c1cc2c(cc1NCc1cnccn1)OCO2. The Kier molecular flexibility index (Phi) is 3.04. The van der Waals surface area contributed by atoms with Crippen molar-refractivity contribution in [2.45, 2.75) is 6.54 Å². The second-order valence-corrected chi connectivity index (χ2v) is 4.03. The second-order valence-electron chi connectivity index (χ2n) is 4.03. The molecule has 0 saturated carbocycles. The highest BCUT2D eigenvalue weighted by Gasteiger charge is 2.23. The number of hydrogen-bond acceptors (Lipinski definition) is 7. The number of nitrogens with zero attached hydrogens (tertiary/aromatic N) is 3. The third-order valence-corrected chi connectivity index (χ3v) is 2.76. The summed E-state index contributed by atoms with van der Waals surface area (Å²) in [6.07, 6.45) is 4.71. The molecule has 0 amide bonds. The summed E-state index contributed by atoms with van der Waals surface area (Å²) < 4.78 is 10.3.